The van der Waals surface area contributed by atoms with Crippen LogP contribution in [-0.4, -0.2) is 48.4 Å². The van der Waals surface area contributed by atoms with Crippen molar-refractivity contribution >= 4 is 12.1 Å². The van der Waals surface area contributed by atoms with Crippen LogP contribution < -0.4 is 0 Å². The first kappa shape index (κ1) is 17.3. The van der Waals surface area contributed by atoms with Gasteiger partial charge < -0.3 is 19.5 Å². The summed E-state index contributed by atoms with van der Waals surface area (Å²) >= 11 is 0. The third-order valence-corrected chi connectivity index (χ3v) is 4.05. The second-order valence-corrected chi connectivity index (χ2v) is 5.92. The molecule has 0 aliphatic carbocycles. The summed E-state index contributed by atoms with van der Waals surface area (Å²) < 4.78 is 10.1. The van der Waals surface area contributed by atoms with Gasteiger partial charge in [0.05, 0.1) is 19.1 Å². The maximum Gasteiger partial charge on any atom is 0.410 e. The predicted molar refractivity (Wildman–Crippen MR) is 83.5 cm³/mol. The molecule has 1 saturated heterocycles. The lowest BCUT2D eigenvalue weighted by molar-refractivity contribution is -0.146. The summed E-state index contributed by atoms with van der Waals surface area (Å²) in [5, 5.41) is 9.58. The van der Waals surface area contributed by atoms with Crippen molar-refractivity contribution in [2.24, 2.45) is 11.8 Å². The topological polar surface area (TPSA) is 76.1 Å². The number of carbonyl (C=O) groups excluding carboxylic acids is 2. The summed E-state index contributed by atoms with van der Waals surface area (Å²) in [7, 11) is 1.33. The molecule has 1 aliphatic heterocycles. The highest BCUT2D eigenvalue weighted by Crippen LogP contribution is 2.29. The van der Waals surface area contributed by atoms with Gasteiger partial charge in [0.1, 0.15) is 6.61 Å². The molecule has 0 spiro atoms. The Morgan fingerprint density at radius 2 is 2.00 bits per heavy atom. The van der Waals surface area contributed by atoms with Crippen LogP contribution in [0.15, 0.2) is 30.3 Å². The van der Waals surface area contributed by atoms with E-state index in [1.165, 1.54) is 12.0 Å². The van der Waals surface area contributed by atoms with Gasteiger partial charge in [0.2, 0.25) is 0 Å². The lowest BCUT2D eigenvalue weighted by Gasteiger charge is -2.17. The lowest BCUT2D eigenvalue weighted by atomic mass is 9.91. The van der Waals surface area contributed by atoms with Gasteiger partial charge >= 0.3 is 12.1 Å². The summed E-state index contributed by atoms with van der Waals surface area (Å²) in [5.74, 6) is -0.889. The van der Waals surface area contributed by atoms with Gasteiger partial charge in [-0.05, 0) is 24.8 Å². The maximum absolute atomic E-state index is 12.2. The van der Waals surface area contributed by atoms with Crippen molar-refractivity contribution < 1.29 is 24.2 Å². The molecule has 0 radical (unpaired) electrons. The number of ether oxygens (including phenoxy) is 2. The average molecular weight is 321 g/mol. The van der Waals surface area contributed by atoms with E-state index in [0.29, 0.717) is 13.0 Å². The molecule has 2 rings (SSSR count). The Balaban J connectivity index is 1.94. The van der Waals surface area contributed by atoms with E-state index in [1.54, 1.807) is 6.92 Å². The zero-order valence-electron chi connectivity index (χ0n) is 13.5. The third-order valence-electron chi connectivity index (χ3n) is 4.05. The standard InChI is InChI=1S/C17H23NO5/c1-12(19)8-14-9-18(10-15(14)16(20)22-2)17(21)23-11-13-6-4-3-5-7-13/h3-7,12,14-15,19H,8-11H2,1-2H3/t12-,14?,15?/m1/s1. The monoisotopic (exact) mass is 321 g/mol. The fraction of sp³-hybridized carbons (Fsp3) is 0.529. The Hall–Kier alpha value is -2.08. The molecule has 3 atom stereocenters. The molecule has 1 fully saturated rings. The van der Waals surface area contributed by atoms with E-state index >= 15 is 0 Å². The molecule has 1 N–H and O–H groups in total. The predicted octanol–water partition coefficient (Wildman–Crippen LogP) is 1.82. The van der Waals surface area contributed by atoms with E-state index in [1.807, 2.05) is 30.3 Å². The van der Waals surface area contributed by atoms with Gasteiger partial charge in [-0.3, -0.25) is 4.79 Å². The summed E-state index contributed by atoms with van der Waals surface area (Å²) in [6, 6.07) is 9.42. The summed E-state index contributed by atoms with van der Waals surface area (Å²) in [6.07, 6.45) is -0.536. The molecule has 126 valence electrons. The molecular weight excluding hydrogens is 298 g/mol. The van der Waals surface area contributed by atoms with Crippen LogP contribution in [0.25, 0.3) is 0 Å². The fourth-order valence-corrected chi connectivity index (χ4v) is 2.93. The fourth-order valence-electron chi connectivity index (χ4n) is 2.93. The van der Waals surface area contributed by atoms with Gasteiger partial charge in [-0.2, -0.15) is 0 Å². The molecule has 23 heavy (non-hydrogen) atoms. The van der Waals surface area contributed by atoms with Crippen molar-refractivity contribution in [1.29, 1.82) is 0 Å². The van der Waals surface area contributed by atoms with E-state index in [9.17, 15) is 14.7 Å². The Labute approximate surface area is 136 Å². The number of aliphatic hydroxyl groups is 1. The van der Waals surface area contributed by atoms with Crippen LogP contribution in [0.5, 0.6) is 0 Å². The second kappa shape index (κ2) is 7.97. The number of amides is 1. The van der Waals surface area contributed by atoms with Crippen molar-refractivity contribution in [3.8, 4) is 0 Å². The Morgan fingerprint density at radius 1 is 1.30 bits per heavy atom. The van der Waals surface area contributed by atoms with Gasteiger partial charge in [-0.15, -0.1) is 0 Å². The largest absolute Gasteiger partial charge is 0.469 e. The zero-order chi connectivity index (χ0) is 16.8. The van der Waals surface area contributed by atoms with Gasteiger partial charge in [-0.25, -0.2) is 4.79 Å². The Bertz CT molecular complexity index is 531. The minimum atomic E-state index is -0.535. The van der Waals surface area contributed by atoms with Crippen LogP contribution in [0, 0.1) is 11.8 Å². The molecule has 6 heteroatoms. The minimum absolute atomic E-state index is 0.119. The van der Waals surface area contributed by atoms with Crippen LogP contribution in [0.3, 0.4) is 0 Å². The first-order chi connectivity index (χ1) is 11.0. The zero-order valence-corrected chi connectivity index (χ0v) is 13.5. The lowest BCUT2D eigenvalue weighted by Crippen LogP contribution is -2.30. The molecule has 1 amide bonds. The molecule has 1 aromatic rings. The van der Waals surface area contributed by atoms with Crippen LogP contribution in [-0.2, 0) is 20.9 Å². The molecule has 2 unspecified atom stereocenters. The Kier molecular flexibility index (Phi) is 5.98. The van der Waals surface area contributed by atoms with Gasteiger partial charge in [0.15, 0.2) is 0 Å². The van der Waals surface area contributed by atoms with Crippen molar-refractivity contribution in [2.75, 3.05) is 20.2 Å². The smallest absolute Gasteiger partial charge is 0.410 e. The molecule has 6 nitrogen and oxygen atoms in total. The molecule has 1 aromatic carbocycles. The van der Waals surface area contributed by atoms with E-state index < -0.39 is 18.1 Å². The van der Waals surface area contributed by atoms with Gasteiger partial charge in [0.25, 0.3) is 0 Å². The van der Waals surface area contributed by atoms with E-state index in [2.05, 4.69) is 0 Å². The number of aliphatic hydroxyl groups excluding tert-OH is 1. The third kappa shape index (κ3) is 4.69. The molecule has 1 aliphatic rings. The van der Waals surface area contributed by atoms with Crippen LogP contribution in [0.4, 0.5) is 4.79 Å². The van der Waals surface area contributed by atoms with Crippen LogP contribution >= 0.6 is 0 Å². The molecule has 0 aromatic heterocycles. The molecule has 0 bridgehead atoms. The molecule has 1 heterocycles. The van der Waals surface area contributed by atoms with E-state index in [4.69, 9.17) is 9.47 Å². The number of esters is 1. The summed E-state index contributed by atoms with van der Waals surface area (Å²) in [4.78, 5) is 25.6. The average Bonchev–Trinajstić information content (AvgIpc) is 2.96. The van der Waals surface area contributed by atoms with Crippen molar-refractivity contribution in [1.82, 2.24) is 4.90 Å². The Morgan fingerprint density at radius 3 is 2.61 bits per heavy atom. The first-order valence-electron chi connectivity index (χ1n) is 7.72. The van der Waals surface area contributed by atoms with Crippen molar-refractivity contribution in [2.45, 2.75) is 26.1 Å². The quantitative estimate of drug-likeness (QED) is 0.837. The van der Waals surface area contributed by atoms with Crippen LogP contribution in [0.2, 0.25) is 0 Å². The van der Waals surface area contributed by atoms with Gasteiger partial charge in [-0.1, -0.05) is 30.3 Å². The number of nitrogens with zero attached hydrogens (tertiary/aromatic N) is 1. The number of methoxy groups -OCH3 is 1. The highest BCUT2D eigenvalue weighted by Gasteiger charge is 2.41. The SMILES string of the molecule is COC(=O)C1CN(C(=O)OCc2ccccc2)CC1C[C@@H](C)O. The number of hydrogen-bond acceptors (Lipinski definition) is 5. The highest BCUT2D eigenvalue weighted by molar-refractivity contribution is 5.76. The van der Waals surface area contributed by atoms with Gasteiger partial charge in [0, 0.05) is 13.1 Å². The van der Waals surface area contributed by atoms with Crippen molar-refractivity contribution in [3.63, 3.8) is 0 Å². The minimum Gasteiger partial charge on any atom is -0.469 e. The van der Waals surface area contributed by atoms with Crippen molar-refractivity contribution in [3.05, 3.63) is 35.9 Å². The first-order valence-corrected chi connectivity index (χ1v) is 7.72. The molecular formula is C17H23NO5. The normalized spacial score (nSPS) is 21.8. The number of benzene rings is 1. The number of rotatable bonds is 5. The highest BCUT2D eigenvalue weighted by atomic mass is 16.6. The second-order valence-electron chi connectivity index (χ2n) is 5.92. The molecule has 0 saturated carbocycles. The van der Waals surface area contributed by atoms with E-state index in [-0.39, 0.29) is 25.0 Å². The number of carbonyl (C=O) groups is 2. The van der Waals surface area contributed by atoms with Crippen LogP contribution in [0.1, 0.15) is 18.9 Å². The summed E-state index contributed by atoms with van der Waals surface area (Å²) in [6.45, 7) is 2.51. The number of hydrogen-bond donors (Lipinski definition) is 1. The number of likely N-dealkylation sites (tertiary alicyclic amines) is 1. The maximum atomic E-state index is 12.2. The van der Waals surface area contributed by atoms with E-state index in [0.717, 1.165) is 5.56 Å². The summed E-state index contributed by atoms with van der Waals surface area (Å²) in [5.41, 5.74) is 0.907.